The highest BCUT2D eigenvalue weighted by atomic mass is 79.9. The van der Waals surface area contributed by atoms with E-state index >= 15 is 0 Å². The third-order valence-corrected chi connectivity index (χ3v) is 4.65. The van der Waals surface area contributed by atoms with Crippen molar-refractivity contribution in [1.82, 2.24) is 5.43 Å². The Morgan fingerprint density at radius 2 is 1.73 bits per heavy atom. The van der Waals surface area contributed by atoms with E-state index < -0.39 is 11.8 Å². The summed E-state index contributed by atoms with van der Waals surface area (Å²) < 4.78 is 6.62. The number of carbonyl (C=O) groups excluding carboxylic acids is 2. The first-order valence-corrected chi connectivity index (χ1v) is 10.0. The molecule has 0 aliphatic carbocycles. The molecule has 0 saturated heterocycles. The molecule has 30 heavy (non-hydrogen) atoms. The molecule has 0 unspecified atom stereocenters. The van der Waals surface area contributed by atoms with Crippen molar-refractivity contribution in [1.29, 1.82) is 0 Å². The number of hydrogen-bond donors (Lipinski definition) is 2. The van der Waals surface area contributed by atoms with Crippen molar-refractivity contribution < 1.29 is 14.3 Å². The van der Waals surface area contributed by atoms with E-state index in [9.17, 15) is 9.59 Å². The molecule has 0 aromatic heterocycles. The molecule has 2 N–H and O–H groups in total. The second-order valence-electron chi connectivity index (χ2n) is 6.15. The maximum atomic E-state index is 11.9. The highest BCUT2D eigenvalue weighted by molar-refractivity contribution is 9.10. The molecule has 0 heterocycles. The molecule has 0 aliphatic heterocycles. The van der Waals surface area contributed by atoms with E-state index in [0.29, 0.717) is 28.6 Å². The Kier molecular flexibility index (Phi) is 7.59. The minimum absolute atomic E-state index is 0.394. The van der Waals surface area contributed by atoms with E-state index in [2.05, 4.69) is 31.8 Å². The maximum absolute atomic E-state index is 11.9. The number of benzene rings is 3. The van der Waals surface area contributed by atoms with Gasteiger partial charge in [0.25, 0.3) is 0 Å². The Morgan fingerprint density at radius 1 is 1.00 bits per heavy atom. The predicted molar refractivity (Wildman–Crippen MR) is 121 cm³/mol. The predicted octanol–water partition coefficient (Wildman–Crippen LogP) is 4.77. The zero-order chi connectivity index (χ0) is 21.3. The minimum Gasteiger partial charge on any atom is -0.489 e. The molecular formula is C22H17BrClN3O3. The fourth-order valence-electron chi connectivity index (χ4n) is 2.37. The van der Waals surface area contributed by atoms with Crippen molar-refractivity contribution in [3.8, 4) is 5.75 Å². The van der Waals surface area contributed by atoms with Crippen LogP contribution in [0.2, 0.25) is 5.02 Å². The molecular weight excluding hydrogens is 470 g/mol. The lowest BCUT2D eigenvalue weighted by atomic mass is 10.2. The molecule has 3 aromatic rings. The van der Waals surface area contributed by atoms with Gasteiger partial charge in [-0.15, -0.1) is 0 Å². The maximum Gasteiger partial charge on any atom is 0.329 e. The van der Waals surface area contributed by atoms with Crippen LogP contribution in [0, 0.1) is 0 Å². The Labute approximate surface area is 187 Å². The summed E-state index contributed by atoms with van der Waals surface area (Å²) in [4.78, 5) is 23.8. The van der Waals surface area contributed by atoms with Crippen LogP contribution in [0.5, 0.6) is 5.75 Å². The van der Waals surface area contributed by atoms with Gasteiger partial charge >= 0.3 is 11.8 Å². The molecule has 0 atom stereocenters. The van der Waals surface area contributed by atoms with Crippen LogP contribution in [0.4, 0.5) is 5.69 Å². The lowest BCUT2D eigenvalue weighted by molar-refractivity contribution is -0.136. The highest BCUT2D eigenvalue weighted by Crippen LogP contribution is 2.16. The fraction of sp³-hybridized carbons (Fsp3) is 0.0455. The number of nitrogens with one attached hydrogen (secondary N) is 2. The third-order valence-electron chi connectivity index (χ3n) is 3.86. The summed E-state index contributed by atoms with van der Waals surface area (Å²) in [5.41, 5.74) is 4.40. The summed E-state index contributed by atoms with van der Waals surface area (Å²) in [5.74, 6) is -1.04. The average Bonchev–Trinajstić information content (AvgIpc) is 2.75. The van der Waals surface area contributed by atoms with Crippen LogP contribution in [0.15, 0.2) is 82.4 Å². The SMILES string of the molecule is O=C(NN=Cc1cccc(OCc2ccc(Cl)cc2)c1)C(=O)Nc1ccc(Br)cc1. The summed E-state index contributed by atoms with van der Waals surface area (Å²) in [6.07, 6.45) is 1.43. The fourth-order valence-corrected chi connectivity index (χ4v) is 2.76. The minimum atomic E-state index is -0.871. The number of ether oxygens (including phenoxy) is 1. The van der Waals surface area contributed by atoms with Gasteiger partial charge in [0.1, 0.15) is 12.4 Å². The number of hydrogen-bond acceptors (Lipinski definition) is 4. The third kappa shape index (κ3) is 6.72. The van der Waals surface area contributed by atoms with Gasteiger partial charge < -0.3 is 10.1 Å². The molecule has 8 heteroatoms. The first-order valence-electron chi connectivity index (χ1n) is 8.87. The number of nitrogens with zero attached hydrogens (tertiary/aromatic N) is 1. The zero-order valence-corrected chi connectivity index (χ0v) is 18.0. The van der Waals surface area contributed by atoms with Crippen molar-refractivity contribution in [3.05, 3.63) is 93.4 Å². The van der Waals surface area contributed by atoms with Gasteiger partial charge in [-0.05, 0) is 59.7 Å². The Balaban J connectivity index is 1.51. The molecule has 6 nitrogen and oxygen atoms in total. The van der Waals surface area contributed by atoms with E-state index in [1.54, 1.807) is 54.6 Å². The smallest absolute Gasteiger partial charge is 0.329 e. The molecule has 0 radical (unpaired) electrons. The summed E-state index contributed by atoms with van der Waals surface area (Å²) in [5, 5.41) is 6.98. The van der Waals surface area contributed by atoms with Crippen molar-refractivity contribution in [2.75, 3.05) is 5.32 Å². The number of carbonyl (C=O) groups is 2. The molecule has 152 valence electrons. The van der Waals surface area contributed by atoms with Gasteiger partial charge in [-0.25, -0.2) is 5.43 Å². The lowest BCUT2D eigenvalue weighted by Crippen LogP contribution is -2.32. The number of hydrazone groups is 1. The van der Waals surface area contributed by atoms with Gasteiger partial charge in [-0.3, -0.25) is 9.59 Å². The summed E-state index contributed by atoms with van der Waals surface area (Å²) in [6, 6.07) is 21.4. The molecule has 0 saturated carbocycles. The molecule has 0 bridgehead atoms. The summed E-state index contributed by atoms with van der Waals surface area (Å²) in [7, 11) is 0. The molecule has 0 spiro atoms. The Hall–Kier alpha value is -3.16. The molecule has 0 fully saturated rings. The normalized spacial score (nSPS) is 10.6. The van der Waals surface area contributed by atoms with E-state index in [1.807, 2.05) is 18.2 Å². The lowest BCUT2D eigenvalue weighted by Gasteiger charge is -2.07. The van der Waals surface area contributed by atoms with Gasteiger partial charge in [0.15, 0.2) is 0 Å². The Morgan fingerprint density at radius 3 is 2.47 bits per heavy atom. The Bertz CT molecular complexity index is 1050. The number of amides is 2. The number of anilines is 1. The first kappa shape index (κ1) is 21.5. The summed E-state index contributed by atoms with van der Waals surface area (Å²) >= 11 is 9.18. The van der Waals surface area contributed by atoms with Gasteiger partial charge in [0.05, 0.1) is 6.21 Å². The van der Waals surface area contributed by atoms with Gasteiger partial charge in [-0.1, -0.05) is 51.8 Å². The van der Waals surface area contributed by atoms with Gasteiger partial charge in [-0.2, -0.15) is 5.10 Å². The average molecular weight is 487 g/mol. The van der Waals surface area contributed by atoms with E-state index in [1.165, 1.54) is 6.21 Å². The second-order valence-corrected chi connectivity index (χ2v) is 7.50. The number of halogens is 2. The van der Waals surface area contributed by atoms with Crippen LogP contribution in [0.3, 0.4) is 0 Å². The molecule has 3 rings (SSSR count). The van der Waals surface area contributed by atoms with E-state index in [-0.39, 0.29) is 0 Å². The molecule has 0 aliphatic rings. The van der Waals surface area contributed by atoms with Crippen molar-refractivity contribution in [3.63, 3.8) is 0 Å². The van der Waals surface area contributed by atoms with Gasteiger partial charge in [0.2, 0.25) is 0 Å². The number of rotatable bonds is 6. The van der Waals surface area contributed by atoms with Crippen molar-refractivity contribution in [2.24, 2.45) is 5.10 Å². The molecule has 2 amide bonds. The largest absolute Gasteiger partial charge is 0.489 e. The zero-order valence-electron chi connectivity index (χ0n) is 15.6. The topological polar surface area (TPSA) is 79.8 Å². The van der Waals surface area contributed by atoms with Crippen molar-refractivity contribution >= 4 is 51.2 Å². The van der Waals surface area contributed by atoms with Crippen LogP contribution >= 0.6 is 27.5 Å². The second kappa shape index (κ2) is 10.6. The first-order chi connectivity index (χ1) is 14.5. The monoisotopic (exact) mass is 485 g/mol. The van der Waals surface area contributed by atoms with Gasteiger partial charge in [0, 0.05) is 15.2 Å². The van der Waals surface area contributed by atoms with Crippen LogP contribution in [-0.2, 0) is 16.2 Å². The van der Waals surface area contributed by atoms with Crippen molar-refractivity contribution in [2.45, 2.75) is 6.61 Å². The summed E-state index contributed by atoms with van der Waals surface area (Å²) in [6.45, 7) is 0.394. The van der Waals surface area contributed by atoms with E-state index in [4.69, 9.17) is 16.3 Å². The van der Waals surface area contributed by atoms with Crippen LogP contribution in [0.1, 0.15) is 11.1 Å². The quantitative estimate of drug-likeness (QED) is 0.299. The molecule has 3 aromatic carbocycles. The standard InChI is InChI=1S/C22H17BrClN3O3/c23-17-6-10-19(11-7-17)26-21(28)22(29)27-25-13-16-2-1-3-20(12-16)30-14-15-4-8-18(24)9-5-15/h1-13H,14H2,(H,26,28)(H,27,29). The highest BCUT2D eigenvalue weighted by Gasteiger charge is 2.12. The van der Waals surface area contributed by atoms with Crippen LogP contribution in [0.25, 0.3) is 0 Å². The van der Waals surface area contributed by atoms with E-state index in [0.717, 1.165) is 10.0 Å². The van der Waals surface area contributed by atoms with Crippen LogP contribution in [-0.4, -0.2) is 18.0 Å². The van der Waals surface area contributed by atoms with Crippen LogP contribution < -0.4 is 15.5 Å².